The van der Waals surface area contributed by atoms with Crippen molar-refractivity contribution >= 4 is 28.5 Å². The molecular weight excluding hydrogens is 386 g/mol. The first-order chi connectivity index (χ1) is 14.1. The number of aromatic nitrogens is 2. The molecule has 2 fully saturated rings. The number of fused-ring (bicyclic) bond motifs is 2. The second-order valence-electron chi connectivity index (χ2n) is 8.34. The number of aromatic amines is 1. The van der Waals surface area contributed by atoms with Crippen molar-refractivity contribution in [2.75, 3.05) is 0 Å². The molecule has 0 aliphatic heterocycles. The summed E-state index contributed by atoms with van der Waals surface area (Å²) < 4.78 is 1.94. The summed E-state index contributed by atoms with van der Waals surface area (Å²) in [7, 11) is 0. The summed E-state index contributed by atoms with van der Waals surface area (Å²) in [5.41, 5.74) is 2.51. The lowest BCUT2D eigenvalue weighted by Crippen LogP contribution is -2.37. The Balaban J connectivity index is 1.27. The molecule has 150 valence electrons. The van der Waals surface area contributed by atoms with Crippen LogP contribution in [0.25, 0.3) is 11.0 Å². The van der Waals surface area contributed by atoms with Gasteiger partial charge in [-0.15, -0.1) is 0 Å². The predicted molar refractivity (Wildman–Crippen MR) is 114 cm³/mol. The first-order valence-corrected chi connectivity index (χ1v) is 10.7. The lowest BCUT2D eigenvalue weighted by molar-refractivity contribution is 0.0927. The van der Waals surface area contributed by atoms with Gasteiger partial charge >= 0.3 is 5.69 Å². The maximum absolute atomic E-state index is 12.6. The summed E-state index contributed by atoms with van der Waals surface area (Å²) in [6.45, 7) is 2.13. The molecule has 0 radical (unpaired) electrons. The van der Waals surface area contributed by atoms with Crippen LogP contribution in [0.15, 0.2) is 53.3 Å². The molecule has 5 nitrogen and oxygen atoms in total. The van der Waals surface area contributed by atoms with Gasteiger partial charge in [0.25, 0.3) is 5.91 Å². The minimum atomic E-state index is -0.0390. The number of H-pyrrole nitrogens is 1. The van der Waals surface area contributed by atoms with Crippen LogP contribution in [0.5, 0.6) is 0 Å². The van der Waals surface area contributed by atoms with E-state index < -0.39 is 0 Å². The van der Waals surface area contributed by atoms with Crippen molar-refractivity contribution in [3.63, 3.8) is 0 Å². The van der Waals surface area contributed by atoms with Crippen LogP contribution in [-0.4, -0.2) is 21.5 Å². The monoisotopic (exact) mass is 409 g/mol. The molecule has 6 heteroatoms. The van der Waals surface area contributed by atoms with E-state index in [1.807, 2.05) is 28.8 Å². The average molecular weight is 410 g/mol. The van der Waals surface area contributed by atoms with Gasteiger partial charge in [-0.25, -0.2) is 4.79 Å². The molecule has 2 aromatic carbocycles. The van der Waals surface area contributed by atoms with Crippen molar-refractivity contribution in [2.24, 2.45) is 17.8 Å². The highest BCUT2D eigenvalue weighted by Gasteiger charge is 2.59. The van der Waals surface area contributed by atoms with Crippen molar-refractivity contribution in [2.45, 2.75) is 38.3 Å². The molecule has 1 heterocycles. The van der Waals surface area contributed by atoms with E-state index >= 15 is 0 Å². The quantitative estimate of drug-likeness (QED) is 0.656. The van der Waals surface area contributed by atoms with E-state index in [4.69, 9.17) is 11.6 Å². The van der Waals surface area contributed by atoms with Crippen LogP contribution in [0.4, 0.5) is 0 Å². The molecule has 3 aromatic rings. The fourth-order valence-corrected chi connectivity index (χ4v) is 5.56. The number of rotatable bonds is 5. The van der Waals surface area contributed by atoms with Crippen molar-refractivity contribution in [1.82, 2.24) is 14.9 Å². The molecule has 2 aliphatic rings. The van der Waals surface area contributed by atoms with Crippen LogP contribution < -0.4 is 11.0 Å². The lowest BCUT2D eigenvalue weighted by atomic mass is 9.98. The number of benzene rings is 2. The number of imidazole rings is 1. The van der Waals surface area contributed by atoms with Crippen LogP contribution in [0.2, 0.25) is 5.02 Å². The fraction of sp³-hybridized carbons (Fsp3) is 0.391. The number of carbonyl (C=O) groups is 1. The fourth-order valence-electron chi connectivity index (χ4n) is 5.43. The Morgan fingerprint density at radius 3 is 2.55 bits per heavy atom. The minimum Gasteiger partial charge on any atom is -0.349 e. The summed E-state index contributed by atoms with van der Waals surface area (Å²) in [5.74, 6) is 1.63. The van der Waals surface area contributed by atoms with E-state index in [1.165, 1.54) is 0 Å². The summed E-state index contributed by atoms with van der Waals surface area (Å²) >= 11 is 5.92. The van der Waals surface area contributed by atoms with Gasteiger partial charge in [0.15, 0.2) is 0 Å². The van der Waals surface area contributed by atoms with E-state index in [2.05, 4.69) is 17.2 Å². The summed E-state index contributed by atoms with van der Waals surface area (Å²) in [6.07, 6.45) is 2.92. The molecule has 0 spiro atoms. The van der Waals surface area contributed by atoms with Gasteiger partial charge in [-0.2, -0.15) is 0 Å². The Hall–Kier alpha value is -2.53. The van der Waals surface area contributed by atoms with Crippen LogP contribution in [0.1, 0.15) is 42.6 Å². The van der Waals surface area contributed by atoms with E-state index in [1.54, 1.807) is 24.3 Å². The molecular formula is C23H24ClN3O2. The standard InChI is InChI=1S/C23H24ClN3O2/c1-2-18(25-22(28)13-7-9-14(24)10-8-13)21-16-11-15(12-17(16)21)27-20-6-4-3-5-19(20)26-23(27)29/h3-10,15-18,21H,2,11-12H2,1H3,(H,25,28)(H,26,29)/t15?,16-,17+,18?,21?. The van der Waals surface area contributed by atoms with Gasteiger partial charge in [0.05, 0.1) is 11.0 Å². The number of hydrogen-bond donors (Lipinski definition) is 2. The molecule has 2 N–H and O–H groups in total. The van der Waals surface area contributed by atoms with Gasteiger partial charge in [-0.3, -0.25) is 9.36 Å². The Morgan fingerprint density at radius 2 is 1.86 bits per heavy atom. The van der Waals surface area contributed by atoms with Crippen molar-refractivity contribution < 1.29 is 4.79 Å². The highest BCUT2D eigenvalue weighted by molar-refractivity contribution is 6.30. The molecule has 2 aliphatic carbocycles. The number of nitrogens with one attached hydrogen (secondary N) is 2. The summed E-state index contributed by atoms with van der Waals surface area (Å²) in [6, 6.07) is 15.3. The van der Waals surface area contributed by atoms with Gasteiger partial charge in [0, 0.05) is 22.7 Å². The smallest absolute Gasteiger partial charge is 0.326 e. The van der Waals surface area contributed by atoms with Gasteiger partial charge in [-0.05, 0) is 73.4 Å². The largest absolute Gasteiger partial charge is 0.349 e. The van der Waals surface area contributed by atoms with Crippen molar-refractivity contribution in [3.8, 4) is 0 Å². The summed E-state index contributed by atoms with van der Waals surface area (Å²) in [5, 5.41) is 3.86. The zero-order valence-electron chi connectivity index (χ0n) is 16.3. The molecule has 5 rings (SSSR count). The molecule has 5 atom stereocenters. The van der Waals surface area contributed by atoms with E-state index in [0.717, 1.165) is 30.3 Å². The number of carbonyl (C=O) groups excluding carboxylic acids is 1. The zero-order chi connectivity index (χ0) is 20.1. The maximum atomic E-state index is 12.6. The Labute approximate surface area is 174 Å². The minimum absolute atomic E-state index is 0.0165. The molecule has 1 aromatic heterocycles. The van der Waals surface area contributed by atoms with Gasteiger partial charge in [0.1, 0.15) is 0 Å². The van der Waals surface area contributed by atoms with Crippen molar-refractivity contribution in [3.05, 3.63) is 69.6 Å². The maximum Gasteiger partial charge on any atom is 0.326 e. The van der Waals surface area contributed by atoms with Crippen LogP contribution in [-0.2, 0) is 0 Å². The predicted octanol–water partition coefficient (Wildman–Crippen LogP) is 4.39. The number of amides is 1. The highest BCUT2D eigenvalue weighted by Crippen LogP contribution is 2.62. The second-order valence-corrected chi connectivity index (χ2v) is 8.78. The van der Waals surface area contributed by atoms with Crippen LogP contribution in [0.3, 0.4) is 0 Å². The molecule has 29 heavy (non-hydrogen) atoms. The van der Waals surface area contributed by atoms with Gasteiger partial charge < -0.3 is 10.3 Å². The summed E-state index contributed by atoms with van der Waals surface area (Å²) in [4.78, 5) is 28.1. The molecule has 1 amide bonds. The number of para-hydroxylation sites is 2. The molecule has 0 bridgehead atoms. The third-order valence-corrected chi connectivity index (χ3v) is 7.05. The van der Waals surface area contributed by atoms with Crippen LogP contribution >= 0.6 is 11.6 Å². The molecule has 3 unspecified atom stereocenters. The third-order valence-electron chi connectivity index (χ3n) is 6.80. The SMILES string of the molecule is CCC(NC(=O)c1ccc(Cl)cc1)C1[C@H]2CC(n3c(=O)[nH]c4ccccc43)C[C@@H]12. The number of hydrogen-bond acceptors (Lipinski definition) is 2. The second kappa shape index (κ2) is 7.06. The van der Waals surface area contributed by atoms with Crippen LogP contribution in [0, 0.1) is 17.8 Å². The highest BCUT2D eigenvalue weighted by atomic mass is 35.5. The lowest BCUT2D eigenvalue weighted by Gasteiger charge is -2.22. The number of nitrogens with zero attached hydrogens (tertiary/aromatic N) is 1. The Morgan fingerprint density at radius 1 is 1.17 bits per heavy atom. The van der Waals surface area contributed by atoms with E-state index in [9.17, 15) is 9.59 Å². The normalized spacial score (nSPS) is 26.3. The van der Waals surface area contributed by atoms with E-state index in [-0.39, 0.29) is 23.7 Å². The van der Waals surface area contributed by atoms with Crippen molar-refractivity contribution in [1.29, 1.82) is 0 Å². The molecule has 2 saturated carbocycles. The van der Waals surface area contributed by atoms with Gasteiger partial charge in [0.2, 0.25) is 0 Å². The zero-order valence-corrected chi connectivity index (χ0v) is 17.0. The first-order valence-electron chi connectivity index (χ1n) is 10.3. The molecule has 0 saturated heterocycles. The Bertz CT molecular complexity index is 1110. The number of halogens is 1. The topological polar surface area (TPSA) is 66.9 Å². The Kier molecular flexibility index (Phi) is 4.50. The van der Waals surface area contributed by atoms with E-state index in [0.29, 0.717) is 28.3 Å². The first kappa shape index (κ1) is 18.5. The van der Waals surface area contributed by atoms with Gasteiger partial charge in [-0.1, -0.05) is 30.7 Å². The average Bonchev–Trinajstić information content (AvgIpc) is 3.06. The third kappa shape index (κ3) is 3.18.